The fraction of sp³-hybridized carbons (Fsp3) is 0.227. The van der Waals surface area contributed by atoms with Gasteiger partial charge in [0.1, 0.15) is 23.8 Å². The van der Waals surface area contributed by atoms with E-state index in [1.165, 1.54) is 10.7 Å². The molecule has 1 amide bonds. The third kappa shape index (κ3) is 3.77. The molecular formula is C22H20N6O3. The fourth-order valence-electron chi connectivity index (χ4n) is 3.44. The number of rotatable bonds is 6. The molecule has 0 aliphatic heterocycles. The molecule has 9 heteroatoms. The Labute approximate surface area is 177 Å². The number of nitrogens with zero attached hydrogens (tertiary/aromatic N) is 5. The third-order valence-corrected chi connectivity index (χ3v) is 5.20. The molecule has 3 aromatic heterocycles. The number of nitrogens with one attached hydrogen (secondary N) is 1. The van der Waals surface area contributed by atoms with Crippen molar-refractivity contribution in [3.63, 3.8) is 0 Å². The van der Waals surface area contributed by atoms with E-state index < -0.39 is 0 Å². The Morgan fingerprint density at radius 1 is 1.19 bits per heavy atom. The molecule has 1 aromatic carbocycles. The zero-order chi connectivity index (χ0) is 21.4. The van der Waals surface area contributed by atoms with Crippen molar-refractivity contribution in [1.82, 2.24) is 24.1 Å². The Kier molecular flexibility index (Phi) is 4.70. The Balaban J connectivity index is 1.47. The number of amides is 1. The quantitative estimate of drug-likeness (QED) is 0.518. The summed E-state index contributed by atoms with van der Waals surface area (Å²) < 4.78 is 8.13. The lowest BCUT2D eigenvalue weighted by Crippen LogP contribution is -2.30. The van der Waals surface area contributed by atoms with Gasteiger partial charge in [0.15, 0.2) is 0 Å². The molecule has 31 heavy (non-hydrogen) atoms. The van der Waals surface area contributed by atoms with Crippen molar-refractivity contribution in [3.8, 4) is 17.0 Å². The topological polar surface area (TPSA) is 103 Å². The number of hydrogen-bond acceptors (Lipinski definition) is 6. The Morgan fingerprint density at radius 2 is 2.00 bits per heavy atom. The smallest absolute Gasteiger partial charge is 0.267 e. The van der Waals surface area contributed by atoms with Gasteiger partial charge in [-0.3, -0.25) is 14.0 Å². The number of fused-ring (bicyclic) bond motifs is 1. The van der Waals surface area contributed by atoms with Crippen molar-refractivity contribution in [2.45, 2.75) is 25.3 Å². The van der Waals surface area contributed by atoms with Crippen LogP contribution in [0, 0.1) is 0 Å². The molecule has 4 aromatic rings. The maximum Gasteiger partial charge on any atom is 0.267 e. The lowest BCUT2D eigenvalue weighted by molar-refractivity contribution is -0.117. The van der Waals surface area contributed by atoms with Crippen LogP contribution in [-0.4, -0.2) is 37.2 Å². The summed E-state index contributed by atoms with van der Waals surface area (Å²) >= 11 is 0. The van der Waals surface area contributed by atoms with Crippen LogP contribution < -0.4 is 15.6 Å². The van der Waals surface area contributed by atoms with Crippen molar-refractivity contribution in [3.05, 3.63) is 70.9 Å². The molecule has 0 spiro atoms. The van der Waals surface area contributed by atoms with E-state index in [4.69, 9.17) is 4.74 Å². The van der Waals surface area contributed by atoms with Gasteiger partial charge in [0.05, 0.1) is 12.8 Å². The Morgan fingerprint density at radius 3 is 2.74 bits per heavy atom. The van der Waals surface area contributed by atoms with Gasteiger partial charge in [0.25, 0.3) is 5.56 Å². The lowest BCUT2D eigenvalue weighted by Gasteiger charge is -2.10. The maximum absolute atomic E-state index is 12.9. The van der Waals surface area contributed by atoms with Gasteiger partial charge < -0.3 is 10.1 Å². The highest BCUT2D eigenvalue weighted by Crippen LogP contribution is 2.38. The summed E-state index contributed by atoms with van der Waals surface area (Å²) in [6.07, 6.45) is 5.55. The van der Waals surface area contributed by atoms with Gasteiger partial charge in [-0.25, -0.2) is 14.6 Å². The molecule has 1 aliphatic rings. The number of benzene rings is 1. The van der Waals surface area contributed by atoms with Crippen LogP contribution in [0.15, 0.2) is 59.7 Å². The summed E-state index contributed by atoms with van der Waals surface area (Å²) in [5.41, 5.74) is 1.91. The van der Waals surface area contributed by atoms with Gasteiger partial charge >= 0.3 is 0 Å². The van der Waals surface area contributed by atoms with E-state index in [1.54, 1.807) is 36.0 Å². The number of methoxy groups -OCH3 is 1. The van der Waals surface area contributed by atoms with E-state index in [0.29, 0.717) is 23.2 Å². The molecule has 9 nitrogen and oxygen atoms in total. The maximum atomic E-state index is 12.9. The van der Waals surface area contributed by atoms with E-state index in [-0.39, 0.29) is 18.0 Å². The number of aromatic nitrogens is 5. The minimum atomic E-state index is -0.372. The predicted octanol–water partition coefficient (Wildman–Crippen LogP) is 2.48. The van der Waals surface area contributed by atoms with Crippen LogP contribution in [0.3, 0.4) is 0 Å². The number of carbonyl (C=O) groups excluding carboxylic acids is 1. The number of carbonyl (C=O) groups is 1. The average molecular weight is 416 g/mol. The van der Waals surface area contributed by atoms with Crippen molar-refractivity contribution in [1.29, 1.82) is 0 Å². The number of anilines is 1. The van der Waals surface area contributed by atoms with Gasteiger partial charge in [-0.15, -0.1) is 0 Å². The molecule has 1 saturated carbocycles. The molecule has 156 valence electrons. The second kappa shape index (κ2) is 7.67. The van der Waals surface area contributed by atoms with Gasteiger partial charge in [-0.05, 0) is 49.2 Å². The van der Waals surface area contributed by atoms with Crippen LogP contribution in [-0.2, 0) is 11.3 Å². The fourth-order valence-corrected chi connectivity index (χ4v) is 3.44. The van der Waals surface area contributed by atoms with Crippen LogP contribution in [0.5, 0.6) is 5.75 Å². The van der Waals surface area contributed by atoms with E-state index in [0.717, 1.165) is 29.8 Å². The van der Waals surface area contributed by atoms with Crippen molar-refractivity contribution in [2.75, 3.05) is 12.4 Å². The van der Waals surface area contributed by atoms with Crippen LogP contribution >= 0.6 is 0 Å². The largest absolute Gasteiger partial charge is 0.497 e. The first-order valence-electron chi connectivity index (χ1n) is 9.98. The van der Waals surface area contributed by atoms with E-state index in [9.17, 15) is 9.59 Å². The highest BCUT2D eigenvalue weighted by molar-refractivity contribution is 5.94. The highest BCUT2D eigenvalue weighted by Gasteiger charge is 2.26. The predicted molar refractivity (Wildman–Crippen MR) is 114 cm³/mol. The van der Waals surface area contributed by atoms with Crippen LogP contribution in [0.1, 0.15) is 24.5 Å². The molecule has 5 rings (SSSR count). The molecule has 0 unspecified atom stereocenters. The van der Waals surface area contributed by atoms with Gasteiger partial charge in [0, 0.05) is 29.9 Å². The zero-order valence-electron chi connectivity index (χ0n) is 16.9. The SMILES string of the molecule is COc1ccc(-c2nc3ncccn3c2NC(=O)Cn2nc(C3CC3)ccc2=O)cc1. The van der Waals surface area contributed by atoms with Crippen LogP contribution in [0.4, 0.5) is 5.82 Å². The molecule has 0 radical (unpaired) electrons. The van der Waals surface area contributed by atoms with Gasteiger partial charge in [0.2, 0.25) is 11.7 Å². The third-order valence-electron chi connectivity index (χ3n) is 5.20. The molecular weight excluding hydrogens is 396 g/mol. The molecule has 1 aliphatic carbocycles. The average Bonchev–Trinajstić information content (AvgIpc) is 3.58. The number of imidazole rings is 1. The summed E-state index contributed by atoms with van der Waals surface area (Å²) in [6.45, 7) is -0.186. The molecule has 3 heterocycles. The lowest BCUT2D eigenvalue weighted by atomic mass is 10.1. The summed E-state index contributed by atoms with van der Waals surface area (Å²) in [5, 5.41) is 7.25. The van der Waals surface area contributed by atoms with Crippen molar-refractivity contribution in [2.24, 2.45) is 0 Å². The van der Waals surface area contributed by atoms with Crippen molar-refractivity contribution >= 4 is 17.5 Å². The second-order valence-corrected chi connectivity index (χ2v) is 7.40. The second-order valence-electron chi connectivity index (χ2n) is 7.40. The number of hydrogen-bond donors (Lipinski definition) is 1. The molecule has 1 fully saturated rings. The zero-order valence-corrected chi connectivity index (χ0v) is 16.9. The normalized spacial score (nSPS) is 13.3. The minimum Gasteiger partial charge on any atom is -0.497 e. The van der Waals surface area contributed by atoms with E-state index in [1.807, 2.05) is 24.3 Å². The van der Waals surface area contributed by atoms with E-state index in [2.05, 4.69) is 20.4 Å². The first-order valence-corrected chi connectivity index (χ1v) is 9.98. The summed E-state index contributed by atoms with van der Waals surface area (Å²) in [7, 11) is 1.60. The van der Waals surface area contributed by atoms with Gasteiger partial charge in [-0.1, -0.05) is 0 Å². The van der Waals surface area contributed by atoms with E-state index >= 15 is 0 Å². The van der Waals surface area contributed by atoms with Gasteiger partial charge in [-0.2, -0.15) is 5.10 Å². The Hall–Kier alpha value is -4.01. The first-order chi connectivity index (χ1) is 15.1. The summed E-state index contributed by atoms with van der Waals surface area (Å²) in [5.74, 6) is 1.67. The monoisotopic (exact) mass is 416 g/mol. The molecule has 0 bridgehead atoms. The van der Waals surface area contributed by atoms with Crippen LogP contribution in [0.25, 0.3) is 17.0 Å². The Bertz CT molecular complexity index is 1320. The molecule has 1 N–H and O–H groups in total. The highest BCUT2D eigenvalue weighted by atomic mass is 16.5. The standard InChI is InChI=1S/C22H20N6O3/c1-31-16-7-5-15(6-8-16)20-21(27-12-2-11-23-22(27)25-20)24-18(29)13-28-19(30)10-9-17(26-28)14-3-4-14/h2,5-12,14H,3-4,13H2,1H3,(H,24,29). The number of ether oxygens (including phenoxy) is 1. The first kappa shape index (κ1) is 19.0. The molecule has 0 saturated heterocycles. The summed E-state index contributed by atoms with van der Waals surface area (Å²) in [6, 6.07) is 12.3. The van der Waals surface area contributed by atoms with Crippen molar-refractivity contribution < 1.29 is 9.53 Å². The summed E-state index contributed by atoms with van der Waals surface area (Å²) in [4.78, 5) is 33.9. The minimum absolute atomic E-state index is 0.186. The van der Waals surface area contributed by atoms with Crippen LogP contribution in [0.2, 0.25) is 0 Å². The molecule has 0 atom stereocenters.